The van der Waals surface area contributed by atoms with Crippen molar-refractivity contribution in [3.63, 3.8) is 0 Å². The molecule has 1 heterocycles. The Hall–Kier alpha value is -2.39. The van der Waals surface area contributed by atoms with Crippen LogP contribution in [0.1, 0.15) is 28.6 Å². The van der Waals surface area contributed by atoms with E-state index < -0.39 is 23.0 Å². The molecular weight excluding hydrogens is 486 g/mol. The summed E-state index contributed by atoms with van der Waals surface area (Å²) in [6.07, 6.45) is 0.310. The zero-order chi connectivity index (χ0) is 20.0. The summed E-state index contributed by atoms with van der Waals surface area (Å²) in [5.74, 6) is -1.89. The zero-order valence-corrected chi connectivity index (χ0v) is 17.4. The number of aryl methyl sites for hydroxylation is 1. The number of hydrogen-bond acceptors (Lipinski definition) is 7. The number of furan rings is 1. The molecule has 0 bridgehead atoms. The molecule has 0 spiro atoms. The van der Waals surface area contributed by atoms with Crippen molar-refractivity contribution in [3.8, 4) is 23.0 Å². The summed E-state index contributed by atoms with van der Waals surface area (Å²) in [6, 6.07) is 2.86. The SMILES string of the molecule is CCc1oc2c(O)c(NC)c(O)c(O)c2c1C(=O)c1cc(Br)c(O)c(Br)c1. The fraction of sp³-hybridized carbons (Fsp3) is 0.167. The van der Waals surface area contributed by atoms with Gasteiger partial charge in [0.25, 0.3) is 0 Å². The Morgan fingerprint density at radius 3 is 2.15 bits per heavy atom. The average Bonchev–Trinajstić information content (AvgIpc) is 3.03. The van der Waals surface area contributed by atoms with E-state index in [0.717, 1.165) is 0 Å². The Labute approximate surface area is 170 Å². The van der Waals surface area contributed by atoms with Crippen LogP contribution in [0.3, 0.4) is 0 Å². The van der Waals surface area contributed by atoms with Crippen molar-refractivity contribution in [1.29, 1.82) is 0 Å². The fourth-order valence-corrected chi connectivity index (χ4v) is 4.09. The molecule has 5 N–H and O–H groups in total. The Bertz CT molecular complexity index is 1070. The first kappa shape index (κ1) is 19.4. The number of carbonyl (C=O) groups is 1. The van der Waals surface area contributed by atoms with E-state index in [9.17, 15) is 25.2 Å². The zero-order valence-electron chi connectivity index (χ0n) is 14.2. The van der Waals surface area contributed by atoms with Gasteiger partial charge in [-0.15, -0.1) is 0 Å². The number of benzene rings is 2. The first-order chi connectivity index (χ1) is 12.7. The molecule has 142 valence electrons. The molecular formula is C18H15Br2NO6. The molecule has 0 aliphatic rings. The number of aromatic hydroxyl groups is 4. The highest BCUT2D eigenvalue weighted by Gasteiger charge is 2.30. The number of anilines is 1. The minimum atomic E-state index is -0.590. The van der Waals surface area contributed by atoms with Crippen LogP contribution in [0.4, 0.5) is 5.69 Å². The molecule has 2 aromatic carbocycles. The number of phenols is 4. The molecule has 7 nitrogen and oxygen atoms in total. The van der Waals surface area contributed by atoms with Gasteiger partial charge in [0.1, 0.15) is 17.2 Å². The van der Waals surface area contributed by atoms with Crippen LogP contribution >= 0.6 is 31.9 Å². The maximum atomic E-state index is 13.2. The lowest BCUT2D eigenvalue weighted by Crippen LogP contribution is -2.04. The number of ketones is 1. The van der Waals surface area contributed by atoms with Gasteiger partial charge in [-0.25, -0.2) is 0 Å². The number of rotatable bonds is 4. The molecule has 0 unspecified atom stereocenters. The molecule has 0 atom stereocenters. The quantitative estimate of drug-likeness (QED) is 0.201. The van der Waals surface area contributed by atoms with Gasteiger partial charge in [-0.2, -0.15) is 0 Å². The lowest BCUT2D eigenvalue weighted by Gasteiger charge is -2.10. The van der Waals surface area contributed by atoms with Crippen LogP contribution in [0.5, 0.6) is 23.0 Å². The highest BCUT2D eigenvalue weighted by molar-refractivity contribution is 9.11. The summed E-state index contributed by atoms with van der Waals surface area (Å²) in [7, 11) is 1.46. The van der Waals surface area contributed by atoms with E-state index in [1.807, 2.05) is 0 Å². The predicted molar refractivity (Wildman–Crippen MR) is 107 cm³/mol. The van der Waals surface area contributed by atoms with Crippen molar-refractivity contribution < 1.29 is 29.6 Å². The highest BCUT2D eigenvalue weighted by Crippen LogP contribution is 2.50. The third-order valence-corrected chi connectivity index (χ3v) is 5.42. The third kappa shape index (κ3) is 2.90. The van der Waals surface area contributed by atoms with Crippen molar-refractivity contribution in [1.82, 2.24) is 0 Å². The highest BCUT2D eigenvalue weighted by atomic mass is 79.9. The number of hydrogen-bond donors (Lipinski definition) is 5. The van der Waals surface area contributed by atoms with Crippen molar-refractivity contribution in [2.75, 3.05) is 12.4 Å². The van der Waals surface area contributed by atoms with Crippen molar-refractivity contribution in [2.24, 2.45) is 0 Å². The summed E-state index contributed by atoms with van der Waals surface area (Å²) < 4.78 is 6.24. The second-order valence-corrected chi connectivity index (χ2v) is 7.46. The monoisotopic (exact) mass is 499 g/mol. The minimum Gasteiger partial charge on any atom is -0.506 e. The Morgan fingerprint density at radius 2 is 1.63 bits per heavy atom. The molecule has 0 fully saturated rings. The van der Waals surface area contributed by atoms with E-state index in [1.165, 1.54) is 19.2 Å². The summed E-state index contributed by atoms with van der Waals surface area (Å²) in [6.45, 7) is 1.75. The van der Waals surface area contributed by atoms with Crippen LogP contribution < -0.4 is 5.32 Å². The summed E-state index contributed by atoms with van der Waals surface area (Å²) in [5.41, 5.74) is 0.0278. The van der Waals surface area contributed by atoms with E-state index in [0.29, 0.717) is 15.4 Å². The third-order valence-electron chi connectivity index (χ3n) is 4.21. The van der Waals surface area contributed by atoms with Gasteiger partial charge in [0.2, 0.25) is 0 Å². The molecule has 0 saturated carbocycles. The van der Waals surface area contributed by atoms with Crippen LogP contribution in [-0.2, 0) is 6.42 Å². The number of fused-ring (bicyclic) bond motifs is 1. The van der Waals surface area contributed by atoms with Gasteiger partial charge in [-0.05, 0) is 44.0 Å². The molecule has 27 heavy (non-hydrogen) atoms. The van der Waals surface area contributed by atoms with E-state index in [2.05, 4.69) is 37.2 Å². The first-order valence-corrected chi connectivity index (χ1v) is 9.44. The van der Waals surface area contributed by atoms with E-state index in [-0.39, 0.29) is 39.3 Å². The lowest BCUT2D eigenvalue weighted by molar-refractivity contribution is 0.103. The molecule has 1 aromatic heterocycles. The average molecular weight is 501 g/mol. The molecule has 0 amide bonds. The Morgan fingerprint density at radius 1 is 1.04 bits per heavy atom. The number of halogens is 2. The van der Waals surface area contributed by atoms with Crippen molar-refractivity contribution in [2.45, 2.75) is 13.3 Å². The van der Waals surface area contributed by atoms with Crippen molar-refractivity contribution >= 4 is 54.3 Å². The van der Waals surface area contributed by atoms with Crippen LogP contribution in [0.15, 0.2) is 25.5 Å². The Kier molecular flexibility index (Phi) is 5.00. The molecule has 0 saturated heterocycles. The van der Waals surface area contributed by atoms with Crippen molar-refractivity contribution in [3.05, 3.63) is 38.0 Å². The van der Waals surface area contributed by atoms with Crippen LogP contribution in [-0.4, -0.2) is 33.3 Å². The normalized spacial score (nSPS) is 11.1. The summed E-state index contributed by atoms with van der Waals surface area (Å²) in [4.78, 5) is 13.2. The standard InChI is InChI=1S/C18H15Br2NO6/c1-3-9-10(13(22)6-4-7(19)14(23)8(20)5-6)11-15(24)16(25)12(21-2)17(26)18(11)27-9/h4-5,21,23-26H,3H2,1-2H3. The smallest absolute Gasteiger partial charge is 0.197 e. The summed E-state index contributed by atoms with van der Waals surface area (Å²) >= 11 is 6.35. The number of carbonyl (C=O) groups excluding carboxylic acids is 1. The summed E-state index contributed by atoms with van der Waals surface area (Å²) in [5, 5.41) is 43.4. The van der Waals surface area contributed by atoms with E-state index in [1.54, 1.807) is 6.92 Å². The maximum absolute atomic E-state index is 13.2. The van der Waals surface area contributed by atoms with E-state index in [4.69, 9.17) is 4.42 Å². The largest absolute Gasteiger partial charge is 0.506 e. The van der Waals surface area contributed by atoms with Gasteiger partial charge >= 0.3 is 0 Å². The molecule has 0 aliphatic carbocycles. The molecule has 0 radical (unpaired) electrons. The maximum Gasteiger partial charge on any atom is 0.197 e. The van der Waals surface area contributed by atoms with Crippen LogP contribution in [0, 0.1) is 0 Å². The van der Waals surface area contributed by atoms with Gasteiger partial charge in [-0.3, -0.25) is 4.79 Å². The molecule has 0 aliphatic heterocycles. The van der Waals surface area contributed by atoms with Gasteiger partial charge in [0, 0.05) is 19.0 Å². The second-order valence-electron chi connectivity index (χ2n) is 5.75. The van der Waals surface area contributed by atoms with Gasteiger partial charge in [-0.1, -0.05) is 6.92 Å². The molecule has 3 aromatic rings. The number of nitrogens with one attached hydrogen (secondary N) is 1. The van der Waals surface area contributed by atoms with Gasteiger partial charge in [0.05, 0.1) is 19.9 Å². The van der Waals surface area contributed by atoms with Crippen LogP contribution in [0.2, 0.25) is 0 Å². The lowest BCUT2D eigenvalue weighted by atomic mass is 9.98. The fourth-order valence-electron chi connectivity index (χ4n) is 2.90. The first-order valence-electron chi connectivity index (χ1n) is 7.85. The van der Waals surface area contributed by atoms with Gasteiger partial charge < -0.3 is 30.2 Å². The second kappa shape index (κ2) is 6.97. The minimum absolute atomic E-state index is 0.0303. The molecule has 9 heteroatoms. The van der Waals surface area contributed by atoms with E-state index >= 15 is 0 Å². The van der Waals surface area contributed by atoms with Gasteiger partial charge in [0.15, 0.2) is 28.6 Å². The molecule has 3 rings (SSSR count). The number of phenolic OH excluding ortho intramolecular Hbond substituents is 4. The predicted octanol–water partition coefficient (Wildman–Crippen LogP) is 4.62. The topological polar surface area (TPSA) is 123 Å². The van der Waals surface area contributed by atoms with Crippen LogP contribution in [0.25, 0.3) is 11.0 Å². The Balaban J connectivity index is 2.36.